The van der Waals surface area contributed by atoms with Gasteiger partial charge in [0.1, 0.15) is 0 Å². The van der Waals surface area contributed by atoms with Gasteiger partial charge >= 0.3 is 0 Å². The van der Waals surface area contributed by atoms with E-state index in [1.54, 1.807) is 6.20 Å². The number of aromatic nitrogens is 2. The second-order valence-corrected chi connectivity index (χ2v) is 7.93. The fourth-order valence-electron chi connectivity index (χ4n) is 3.26. The van der Waals surface area contributed by atoms with Crippen molar-refractivity contribution in [2.45, 2.75) is 32.0 Å². The van der Waals surface area contributed by atoms with Crippen molar-refractivity contribution in [3.8, 4) is 17.2 Å². The number of thioether (sulfide) groups is 1. The summed E-state index contributed by atoms with van der Waals surface area (Å²) in [4.78, 5) is 16.9. The molecule has 4 rings (SSSR count). The minimum atomic E-state index is -0.128. The van der Waals surface area contributed by atoms with Crippen LogP contribution in [0.15, 0.2) is 53.9 Å². The van der Waals surface area contributed by atoms with Gasteiger partial charge in [-0.3, -0.25) is 9.36 Å². The van der Waals surface area contributed by atoms with Crippen LogP contribution >= 0.6 is 11.8 Å². The Morgan fingerprint density at radius 3 is 2.93 bits per heavy atom. The van der Waals surface area contributed by atoms with Crippen LogP contribution in [0.4, 0.5) is 0 Å². The Bertz CT molecular complexity index is 1050. The Hall–Kier alpha value is -2.93. The molecule has 2 aromatic carbocycles. The van der Waals surface area contributed by atoms with E-state index >= 15 is 0 Å². The maximum atomic E-state index is 12.5. The van der Waals surface area contributed by atoms with Gasteiger partial charge in [-0.15, -0.1) is 0 Å². The van der Waals surface area contributed by atoms with Crippen molar-refractivity contribution >= 4 is 17.7 Å². The van der Waals surface area contributed by atoms with Crippen molar-refractivity contribution in [3.05, 3.63) is 65.5 Å². The molecule has 0 saturated heterocycles. The van der Waals surface area contributed by atoms with Crippen LogP contribution in [0.2, 0.25) is 0 Å². The monoisotopic (exact) mass is 409 g/mol. The zero-order chi connectivity index (χ0) is 20.4. The molecule has 0 radical (unpaired) electrons. The van der Waals surface area contributed by atoms with Crippen LogP contribution < -0.4 is 14.8 Å². The van der Waals surface area contributed by atoms with Crippen molar-refractivity contribution in [3.63, 3.8) is 0 Å². The number of hydrogen-bond donors (Lipinski definition) is 1. The summed E-state index contributed by atoms with van der Waals surface area (Å²) in [6, 6.07) is 11.8. The average Bonchev–Trinajstić information content (AvgIpc) is 3.37. The summed E-state index contributed by atoms with van der Waals surface area (Å²) in [5.74, 6) is 1.70. The first-order valence-corrected chi connectivity index (χ1v) is 10.4. The number of rotatable bonds is 6. The number of hydrogen-bond acceptors (Lipinski definition) is 5. The molecule has 6 nitrogen and oxygen atoms in total. The van der Waals surface area contributed by atoms with Crippen LogP contribution in [0, 0.1) is 13.8 Å². The molecule has 7 heteroatoms. The van der Waals surface area contributed by atoms with E-state index in [1.165, 1.54) is 22.9 Å². The van der Waals surface area contributed by atoms with Crippen LogP contribution in [0.25, 0.3) is 5.69 Å². The van der Waals surface area contributed by atoms with E-state index in [1.807, 2.05) is 42.0 Å². The van der Waals surface area contributed by atoms with Gasteiger partial charge in [0.15, 0.2) is 16.7 Å². The first-order chi connectivity index (χ1) is 14.0. The molecule has 1 aliphatic heterocycles. The molecule has 0 aliphatic carbocycles. The summed E-state index contributed by atoms with van der Waals surface area (Å²) >= 11 is 1.42. The van der Waals surface area contributed by atoms with Gasteiger partial charge in [0, 0.05) is 12.4 Å². The normalized spacial score (nSPS) is 13.3. The van der Waals surface area contributed by atoms with Gasteiger partial charge in [-0.25, -0.2) is 4.98 Å². The van der Waals surface area contributed by atoms with Crippen molar-refractivity contribution in [1.29, 1.82) is 0 Å². The molecule has 0 fully saturated rings. The van der Waals surface area contributed by atoms with E-state index < -0.39 is 0 Å². The first kappa shape index (κ1) is 19.4. The molecular weight excluding hydrogens is 386 g/mol. The summed E-state index contributed by atoms with van der Waals surface area (Å²) in [6.07, 6.45) is 3.69. The lowest BCUT2D eigenvalue weighted by molar-refractivity contribution is -0.119. The highest BCUT2D eigenvalue weighted by Gasteiger charge is 2.17. The highest BCUT2D eigenvalue weighted by molar-refractivity contribution is 7.99. The number of fused-ring (bicyclic) bond motifs is 1. The van der Waals surface area contributed by atoms with Crippen LogP contribution in [0.3, 0.4) is 0 Å². The highest BCUT2D eigenvalue weighted by Crippen LogP contribution is 2.34. The number of imidazole rings is 1. The topological polar surface area (TPSA) is 65.4 Å². The van der Waals surface area contributed by atoms with Crippen LogP contribution in [0.1, 0.15) is 29.7 Å². The Morgan fingerprint density at radius 1 is 1.24 bits per heavy atom. The van der Waals surface area contributed by atoms with Gasteiger partial charge in [-0.2, -0.15) is 0 Å². The number of carbonyl (C=O) groups is 1. The van der Waals surface area contributed by atoms with Crippen LogP contribution in [-0.4, -0.2) is 28.0 Å². The lowest BCUT2D eigenvalue weighted by Gasteiger charge is -2.15. The zero-order valence-electron chi connectivity index (χ0n) is 16.6. The minimum absolute atomic E-state index is 0.0457. The third-order valence-electron chi connectivity index (χ3n) is 5.05. The SMILES string of the molecule is Cc1cccc(-n2ccnc2SCC(=O)NC(C)c2ccc3c(c2)OCO3)c1C. The number of nitrogens with one attached hydrogen (secondary N) is 1. The Morgan fingerprint density at radius 2 is 2.07 bits per heavy atom. The molecule has 150 valence electrons. The molecule has 29 heavy (non-hydrogen) atoms. The van der Waals surface area contributed by atoms with E-state index in [2.05, 4.69) is 36.3 Å². The molecule has 1 atom stereocenters. The standard InChI is InChI=1S/C22H23N3O3S/c1-14-5-4-6-18(15(14)2)25-10-9-23-22(25)29-12-21(26)24-16(3)17-7-8-19-20(11-17)28-13-27-19/h4-11,16H,12-13H2,1-3H3,(H,24,26). The molecular formula is C22H23N3O3S. The maximum Gasteiger partial charge on any atom is 0.231 e. The van der Waals surface area contributed by atoms with E-state index in [4.69, 9.17) is 9.47 Å². The Balaban J connectivity index is 1.39. The maximum absolute atomic E-state index is 12.5. The van der Waals surface area contributed by atoms with Crippen LogP contribution in [0.5, 0.6) is 11.5 Å². The number of nitrogens with zero attached hydrogens (tertiary/aromatic N) is 2. The van der Waals surface area contributed by atoms with Crippen molar-refractivity contribution in [2.75, 3.05) is 12.5 Å². The van der Waals surface area contributed by atoms with Gasteiger partial charge in [-0.1, -0.05) is 30.0 Å². The fourth-order valence-corrected chi connectivity index (χ4v) is 4.03. The smallest absolute Gasteiger partial charge is 0.231 e. The molecule has 0 spiro atoms. The number of amides is 1. The molecule has 0 bridgehead atoms. The van der Waals surface area contributed by atoms with E-state index in [9.17, 15) is 4.79 Å². The summed E-state index contributed by atoms with van der Waals surface area (Å²) in [7, 11) is 0. The van der Waals surface area contributed by atoms with Crippen molar-refractivity contribution in [1.82, 2.24) is 14.9 Å². The minimum Gasteiger partial charge on any atom is -0.454 e. The summed E-state index contributed by atoms with van der Waals surface area (Å²) in [5, 5.41) is 3.83. The lowest BCUT2D eigenvalue weighted by Crippen LogP contribution is -2.28. The van der Waals surface area contributed by atoms with Crippen molar-refractivity contribution in [2.24, 2.45) is 0 Å². The lowest BCUT2D eigenvalue weighted by atomic mass is 10.1. The van der Waals surface area contributed by atoms with Crippen molar-refractivity contribution < 1.29 is 14.3 Å². The number of ether oxygens (including phenoxy) is 2. The molecule has 1 unspecified atom stereocenters. The summed E-state index contributed by atoms with van der Waals surface area (Å²) < 4.78 is 12.8. The molecule has 1 N–H and O–H groups in total. The number of aryl methyl sites for hydroxylation is 1. The second kappa shape index (κ2) is 8.21. The molecule has 1 aliphatic rings. The predicted octanol–water partition coefficient (Wildman–Crippen LogP) is 4.19. The highest BCUT2D eigenvalue weighted by atomic mass is 32.2. The quantitative estimate of drug-likeness (QED) is 0.619. The summed E-state index contributed by atoms with van der Waals surface area (Å²) in [6.45, 7) is 6.38. The van der Waals surface area contributed by atoms with E-state index in [0.717, 1.165) is 22.2 Å². The van der Waals surface area contributed by atoms with Gasteiger partial charge < -0.3 is 14.8 Å². The third-order valence-corrected chi connectivity index (χ3v) is 6.02. The molecule has 3 aromatic rings. The molecule has 1 aromatic heterocycles. The van der Waals surface area contributed by atoms with E-state index in [0.29, 0.717) is 5.75 Å². The van der Waals surface area contributed by atoms with Gasteiger partial charge in [-0.05, 0) is 55.7 Å². The van der Waals surface area contributed by atoms with Gasteiger partial charge in [0.25, 0.3) is 0 Å². The first-order valence-electron chi connectivity index (χ1n) is 9.44. The molecule has 1 amide bonds. The van der Waals surface area contributed by atoms with Crippen LogP contribution in [-0.2, 0) is 4.79 Å². The number of benzene rings is 2. The Labute approximate surface area is 174 Å². The van der Waals surface area contributed by atoms with Gasteiger partial charge in [0.2, 0.25) is 12.7 Å². The predicted molar refractivity (Wildman–Crippen MR) is 113 cm³/mol. The van der Waals surface area contributed by atoms with Gasteiger partial charge in [0.05, 0.1) is 17.5 Å². The molecule has 0 saturated carbocycles. The number of carbonyl (C=O) groups excluding carboxylic acids is 1. The van der Waals surface area contributed by atoms with E-state index in [-0.39, 0.29) is 24.5 Å². The summed E-state index contributed by atoms with van der Waals surface area (Å²) in [5.41, 5.74) is 4.49. The second-order valence-electron chi connectivity index (χ2n) is 6.99. The largest absolute Gasteiger partial charge is 0.454 e. The fraction of sp³-hybridized carbons (Fsp3) is 0.273. The molecule has 2 heterocycles. The third kappa shape index (κ3) is 4.10. The zero-order valence-corrected chi connectivity index (χ0v) is 17.5. The average molecular weight is 410 g/mol. The Kier molecular flexibility index (Phi) is 5.49.